The van der Waals surface area contributed by atoms with E-state index in [1.165, 1.54) is 0 Å². The second-order valence-electron chi connectivity index (χ2n) is 3.15. The number of hydrogen-bond donors (Lipinski definition) is 2. The molecule has 3 nitrogen and oxygen atoms in total. The van der Waals surface area contributed by atoms with Gasteiger partial charge in [-0.3, -0.25) is 0 Å². The van der Waals surface area contributed by atoms with Gasteiger partial charge in [0.15, 0.2) is 0 Å². The van der Waals surface area contributed by atoms with Gasteiger partial charge >= 0.3 is 0 Å². The molecule has 72 valence electrons. The maximum absolute atomic E-state index is 8.83. The fourth-order valence-corrected chi connectivity index (χ4v) is 1.63. The summed E-state index contributed by atoms with van der Waals surface area (Å²) < 4.78 is 0. The van der Waals surface area contributed by atoms with E-state index in [9.17, 15) is 0 Å². The van der Waals surface area contributed by atoms with Gasteiger partial charge in [0.2, 0.25) is 0 Å². The highest BCUT2D eigenvalue weighted by molar-refractivity contribution is 6.10. The van der Waals surface area contributed by atoms with Gasteiger partial charge in [0.05, 0.1) is 5.71 Å². The second kappa shape index (κ2) is 3.54. The van der Waals surface area contributed by atoms with Crippen LogP contribution in [0.2, 0.25) is 0 Å². The number of oxime groups is 1. The lowest BCUT2D eigenvalue weighted by Crippen LogP contribution is -1.96. The van der Waals surface area contributed by atoms with Crippen molar-refractivity contribution in [2.24, 2.45) is 5.16 Å². The first kappa shape index (κ1) is 8.81. The molecule has 14 heavy (non-hydrogen) atoms. The fourth-order valence-electron chi connectivity index (χ4n) is 1.63. The van der Waals surface area contributed by atoms with Gasteiger partial charge in [0.1, 0.15) is 0 Å². The summed E-state index contributed by atoms with van der Waals surface area (Å²) in [6.45, 7) is 1.97. The first-order valence-corrected chi connectivity index (χ1v) is 4.64. The summed E-state index contributed by atoms with van der Waals surface area (Å²) in [5, 5.41) is 13.2. The normalized spacial score (nSPS) is 12.2. The molecule has 0 aliphatic carbocycles. The van der Waals surface area contributed by atoms with Crippen LogP contribution < -0.4 is 0 Å². The molecule has 0 atom stereocenters. The predicted octanol–water partition coefficient (Wildman–Crippen LogP) is 2.76. The Morgan fingerprint density at radius 3 is 2.93 bits per heavy atom. The third-order valence-corrected chi connectivity index (χ3v) is 2.36. The third-order valence-electron chi connectivity index (χ3n) is 2.36. The Balaban J connectivity index is 2.63. The van der Waals surface area contributed by atoms with E-state index in [4.69, 9.17) is 5.21 Å². The van der Waals surface area contributed by atoms with E-state index in [1.54, 1.807) is 0 Å². The van der Waals surface area contributed by atoms with Gasteiger partial charge in [-0.15, -0.1) is 0 Å². The van der Waals surface area contributed by atoms with Gasteiger partial charge in [-0.05, 0) is 12.5 Å². The molecular weight excluding hydrogens is 176 g/mol. The van der Waals surface area contributed by atoms with Crippen LogP contribution in [-0.2, 0) is 0 Å². The molecule has 1 heterocycles. The van der Waals surface area contributed by atoms with Crippen LogP contribution in [0.1, 0.15) is 18.9 Å². The Kier molecular flexibility index (Phi) is 2.23. The summed E-state index contributed by atoms with van der Waals surface area (Å²) in [6.07, 6.45) is 2.60. The molecular formula is C11H12N2O. The Bertz CT molecular complexity index is 471. The highest BCUT2D eigenvalue weighted by atomic mass is 16.4. The molecule has 2 rings (SSSR count). The molecule has 0 radical (unpaired) electrons. The number of para-hydroxylation sites is 1. The summed E-state index contributed by atoms with van der Waals surface area (Å²) in [6, 6.07) is 7.97. The van der Waals surface area contributed by atoms with E-state index in [0.29, 0.717) is 5.71 Å². The number of fused-ring (bicyclic) bond motifs is 1. The molecule has 2 N–H and O–H groups in total. The third kappa shape index (κ3) is 1.27. The Labute approximate surface area is 82.1 Å². The van der Waals surface area contributed by atoms with Gasteiger partial charge in [0.25, 0.3) is 0 Å². The van der Waals surface area contributed by atoms with Gasteiger partial charge in [0, 0.05) is 22.7 Å². The van der Waals surface area contributed by atoms with Crippen LogP contribution in [-0.4, -0.2) is 15.9 Å². The molecule has 0 saturated heterocycles. The van der Waals surface area contributed by atoms with E-state index < -0.39 is 0 Å². The molecule has 0 spiro atoms. The maximum atomic E-state index is 8.83. The minimum Gasteiger partial charge on any atom is -0.411 e. The molecule has 0 saturated carbocycles. The van der Waals surface area contributed by atoms with E-state index >= 15 is 0 Å². The molecule has 0 unspecified atom stereocenters. The Morgan fingerprint density at radius 1 is 1.43 bits per heavy atom. The van der Waals surface area contributed by atoms with Crippen molar-refractivity contribution in [2.75, 3.05) is 0 Å². The van der Waals surface area contributed by atoms with Crippen molar-refractivity contribution in [2.45, 2.75) is 13.3 Å². The monoisotopic (exact) mass is 188 g/mol. The van der Waals surface area contributed by atoms with Crippen LogP contribution in [0.15, 0.2) is 35.6 Å². The number of benzene rings is 1. The minimum atomic E-state index is 0.711. The lowest BCUT2D eigenvalue weighted by molar-refractivity contribution is 0.318. The van der Waals surface area contributed by atoms with Crippen LogP contribution in [0.4, 0.5) is 0 Å². The number of rotatable bonds is 2. The van der Waals surface area contributed by atoms with Crippen LogP contribution in [0.25, 0.3) is 10.9 Å². The molecule has 1 aromatic heterocycles. The van der Waals surface area contributed by atoms with E-state index in [-0.39, 0.29) is 0 Å². The molecule has 0 fully saturated rings. The molecule has 0 amide bonds. The highest BCUT2D eigenvalue weighted by Crippen LogP contribution is 2.19. The van der Waals surface area contributed by atoms with Crippen LogP contribution in [0.5, 0.6) is 0 Å². The largest absolute Gasteiger partial charge is 0.411 e. The van der Waals surface area contributed by atoms with E-state index in [1.807, 2.05) is 37.4 Å². The van der Waals surface area contributed by atoms with Crippen molar-refractivity contribution in [3.63, 3.8) is 0 Å². The smallest absolute Gasteiger partial charge is 0.0886 e. The summed E-state index contributed by atoms with van der Waals surface area (Å²) in [5.41, 5.74) is 2.75. The van der Waals surface area contributed by atoms with Gasteiger partial charge in [-0.1, -0.05) is 30.3 Å². The van der Waals surface area contributed by atoms with Gasteiger partial charge in [-0.25, -0.2) is 0 Å². The van der Waals surface area contributed by atoms with E-state index in [0.717, 1.165) is 22.9 Å². The fraction of sp³-hybridized carbons (Fsp3) is 0.182. The molecule has 0 bridgehead atoms. The van der Waals surface area contributed by atoms with Gasteiger partial charge in [-0.2, -0.15) is 0 Å². The number of H-pyrrole nitrogens is 1. The zero-order chi connectivity index (χ0) is 9.97. The molecule has 3 heteroatoms. The topological polar surface area (TPSA) is 48.4 Å². The van der Waals surface area contributed by atoms with Crippen LogP contribution in [0.3, 0.4) is 0 Å². The zero-order valence-corrected chi connectivity index (χ0v) is 7.99. The van der Waals surface area contributed by atoms with Crippen LogP contribution >= 0.6 is 0 Å². The Morgan fingerprint density at radius 2 is 2.21 bits per heavy atom. The summed E-state index contributed by atoms with van der Waals surface area (Å²) in [5.74, 6) is 0. The molecule has 0 aliphatic heterocycles. The van der Waals surface area contributed by atoms with E-state index in [2.05, 4.69) is 10.1 Å². The van der Waals surface area contributed by atoms with Crippen molar-refractivity contribution >= 4 is 16.6 Å². The number of nitrogens with one attached hydrogen (secondary N) is 1. The summed E-state index contributed by atoms with van der Waals surface area (Å²) >= 11 is 0. The Hall–Kier alpha value is -1.77. The lowest BCUT2D eigenvalue weighted by atomic mass is 10.1. The zero-order valence-electron chi connectivity index (χ0n) is 7.99. The quantitative estimate of drug-likeness (QED) is 0.425. The maximum Gasteiger partial charge on any atom is 0.0886 e. The molecule has 2 aromatic rings. The molecule has 0 aliphatic rings. The number of aromatic amines is 1. The predicted molar refractivity (Wildman–Crippen MR) is 56.9 cm³/mol. The van der Waals surface area contributed by atoms with Crippen molar-refractivity contribution in [3.05, 3.63) is 36.0 Å². The number of nitrogens with zero attached hydrogens (tertiary/aromatic N) is 1. The summed E-state index contributed by atoms with van der Waals surface area (Å²) in [4.78, 5) is 3.15. The summed E-state index contributed by atoms with van der Waals surface area (Å²) in [7, 11) is 0. The lowest BCUT2D eigenvalue weighted by Gasteiger charge is -1.97. The second-order valence-corrected chi connectivity index (χ2v) is 3.15. The first-order chi connectivity index (χ1) is 6.86. The highest BCUT2D eigenvalue weighted by Gasteiger charge is 2.07. The minimum absolute atomic E-state index is 0.711. The number of aromatic nitrogens is 1. The molecule has 1 aromatic carbocycles. The standard InChI is InChI=1S/C11H12N2O/c1-2-10(13-14)9-7-12-11-6-4-3-5-8(9)11/h3-7,12,14H,2H2,1H3/b13-10-. The average molecular weight is 188 g/mol. The van der Waals surface area contributed by atoms with Crippen molar-refractivity contribution in [3.8, 4) is 0 Å². The van der Waals surface area contributed by atoms with Crippen molar-refractivity contribution in [1.29, 1.82) is 0 Å². The first-order valence-electron chi connectivity index (χ1n) is 4.64. The average Bonchev–Trinajstić information content (AvgIpc) is 2.65. The SMILES string of the molecule is CC/C(=N/O)c1c[nH]c2ccccc12. The number of hydrogen-bond acceptors (Lipinski definition) is 2. The van der Waals surface area contributed by atoms with Gasteiger partial charge < -0.3 is 10.2 Å². The van der Waals surface area contributed by atoms with Crippen molar-refractivity contribution < 1.29 is 5.21 Å². The van der Waals surface area contributed by atoms with Crippen LogP contribution in [0, 0.1) is 0 Å². The van der Waals surface area contributed by atoms with Crippen molar-refractivity contribution in [1.82, 2.24) is 4.98 Å².